The second-order valence-corrected chi connectivity index (χ2v) is 4.23. The van der Waals surface area contributed by atoms with E-state index in [9.17, 15) is 0 Å². The van der Waals surface area contributed by atoms with Crippen molar-refractivity contribution in [3.63, 3.8) is 0 Å². The monoisotopic (exact) mass is 188 g/mol. The summed E-state index contributed by atoms with van der Waals surface area (Å²) < 4.78 is 5.69. The van der Waals surface area contributed by atoms with Crippen molar-refractivity contribution in [1.29, 1.82) is 0 Å². The second-order valence-electron chi connectivity index (χ2n) is 4.23. The Morgan fingerprint density at radius 3 is 2.50 bits per heavy atom. The van der Waals surface area contributed by atoms with Gasteiger partial charge >= 0.3 is 0 Å². The highest BCUT2D eigenvalue weighted by atomic mass is 16.3. The predicted molar refractivity (Wildman–Crippen MR) is 59.8 cm³/mol. The molecule has 0 saturated heterocycles. The highest BCUT2D eigenvalue weighted by Crippen LogP contribution is 2.30. The van der Waals surface area contributed by atoms with E-state index in [1.807, 2.05) is 6.92 Å². The lowest BCUT2D eigenvalue weighted by molar-refractivity contribution is 0.576. The number of rotatable bonds is 1. The van der Waals surface area contributed by atoms with E-state index >= 15 is 0 Å². The molecule has 1 aromatic heterocycles. The molecule has 0 aliphatic carbocycles. The summed E-state index contributed by atoms with van der Waals surface area (Å²) in [6.07, 6.45) is 0. The molecule has 1 heteroatoms. The van der Waals surface area contributed by atoms with Crippen molar-refractivity contribution in [1.82, 2.24) is 0 Å². The normalized spacial score (nSPS) is 11.5. The first kappa shape index (κ1) is 9.32. The van der Waals surface area contributed by atoms with Crippen LogP contribution in [0.4, 0.5) is 0 Å². The van der Waals surface area contributed by atoms with Gasteiger partial charge in [0.25, 0.3) is 0 Å². The average Bonchev–Trinajstić information content (AvgIpc) is 2.47. The van der Waals surface area contributed by atoms with Gasteiger partial charge in [0.1, 0.15) is 11.3 Å². The number of hydrogen-bond acceptors (Lipinski definition) is 1. The smallest absolute Gasteiger partial charge is 0.137 e. The molecule has 0 spiro atoms. The third-order valence-corrected chi connectivity index (χ3v) is 2.66. The van der Waals surface area contributed by atoms with Crippen molar-refractivity contribution >= 4 is 11.0 Å². The van der Waals surface area contributed by atoms with Crippen LogP contribution < -0.4 is 0 Å². The summed E-state index contributed by atoms with van der Waals surface area (Å²) >= 11 is 0. The number of hydrogen-bond donors (Lipinski definition) is 0. The highest BCUT2D eigenvalue weighted by molar-refractivity contribution is 5.84. The maximum atomic E-state index is 5.69. The fraction of sp³-hybridized carbons (Fsp3) is 0.385. The van der Waals surface area contributed by atoms with Crippen molar-refractivity contribution in [2.24, 2.45) is 0 Å². The minimum Gasteiger partial charge on any atom is -0.461 e. The van der Waals surface area contributed by atoms with Gasteiger partial charge in [0.15, 0.2) is 0 Å². The van der Waals surface area contributed by atoms with Crippen LogP contribution >= 0.6 is 0 Å². The van der Waals surface area contributed by atoms with E-state index in [2.05, 4.69) is 39.0 Å². The molecule has 0 aliphatic heterocycles. The first-order valence-corrected chi connectivity index (χ1v) is 5.09. The summed E-state index contributed by atoms with van der Waals surface area (Å²) in [4.78, 5) is 0. The Hall–Kier alpha value is -1.24. The van der Waals surface area contributed by atoms with Crippen LogP contribution in [0.5, 0.6) is 0 Å². The maximum absolute atomic E-state index is 5.69. The van der Waals surface area contributed by atoms with E-state index in [0.717, 1.165) is 11.3 Å². The molecular weight excluding hydrogens is 172 g/mol. The van der Waals surface area contributed by atoms with Crippen molar-refractivity contribution in [2.75, 3.05) is 0 Å². The van der Waals surface area contributed by atoms with E-state index in [1.54, 1.807) is 0 Å². The highest BCUT2D eigenvalue weighted by Gasteiger charge is 2.10. The molecule has 1 heterocycles. The van der Waals surface area contributed by atoms with Crippen LogP contribution in [0.1, 0.15) is 36.7 Å². The lowest BCUT2D eigenvalue weighted by atomic mass is 9.97. The van der Waals surface area contributed by atoms with E-state index in [1.165, 1.54) is 16.5 Å². The number of furan rings is 1. The molecule has 0 radical (unpaired) electrons. The summed E-state index contributed by atoms with van der Waals surface area (Å²) in [5.74, 6) is 1.55. The fourth-order valence-corrected chi connectivity index (χ4v) is 1.91. The Morgan fingerprint density at radius 1 is 1.14 bits per heavy atom. The zero-order valence-electron chi connectivity index (χ0n) is 9.22. The molecule has 0 unspecified atom stereocenters. The predicted octanol–water partition coefficient (Wildman–Crippen LogP) is 4.17. The molecule has 0 aliphatic rings. The van der Waals surface area contributed by atoms with Gasteiger partial charge in [-0.2, -0.15) is 0 Å². The largest absolute Gasteiger partial charge is 0.461 e. The molecule has 14 heavy (non-hydrogen) atoms. The Bertz CT molecular complexity index is 463. The lowest BCUT2D eigenvalue weighted by Crippen LogP contribution is -1.88. The van der Waals surface area contributed by atoms with Crippen LogP contribution in [0.3, 0.4) is 0 Å². The SMILES string of the molecule is Cc1cc2c(C(C)C)ccc(C)c2o1. The second kappa shape index (κ2) is 3.16. The lowest BCUT2D eigenvalue weighted by Gasteiger charge is -2.07. The molecule has 2 rings (SSSR count). The molecule has 0 bridgehead atoms. The molecule has 1 aromatic carbocycles. The fourth-order valence-electron chi connectivity index (χ4n) is 1.91. The van der Waals surface area contributed by atoms with Crippen LogP contribution in [0.15, 0.2) is 22.6 Å². The van der Waals surface area contributed by atoms with E-state index in [0.29, 0.717) is 5.92 Å². The zero-order valence-corrected chi connectivity index (χ0v) is 9.22. The van der Waals surface area contributed by atoms with E-state index in [4.69, 9.17) is 4.42 Å². The quantitative estimate of drug-likeness (QED) is 0.654. The van der Waals surface area contributed by atoms with Crippen molar-refractivity contribution in [3.05, 3.63) is 35.1 Å². The van der Waals surface area contributed by atoms with Crippen molar-refractivity contribution < 1.29 is 4.42 Å². The third-order valence-electron chi connectivity index (χ3n) is 2.66. The van der Waals surface area contributed by atoms with Crippen molar-refractivity contribution in [3.8, 4) is 0 Å². The van der Waals surface area contributed by atoms with E-state index < -0.39 is 0 Å². The number of fused-ring (bicyclic) bond motifs is 1. The first-order valence-electron chi connectivity index (χ1n) is 5.09. The number of aryl methyl sites for hydroxylation is 2. The Labute approximate surface area is 84.7 Å². The standard InChI is InChI=1S/C13H16O/c1-8(2)11-6-5-9(3)13-12(11)7-10(4)14-13/h5-8H,1-4H3. The van der Waals surface area contributed by atoms with Crippen LogP contribution in [-0.4, -0.2) is 0 Å². The summed E-state index contributed by atoms with van der Waals surface area (Å²) in [7, 11) is 0. The molecule has 0 fully saturated rings. The third kappa shape index (κ3) is 1.33. The molecule has 0 atom stereocenters. The van der Waals surface area contributed by atoms with Gasteiger partial charge in [-0.3, -0.25) is 0 Å². The van der Waals surface area contributed by atoms with Crippen LogP contribution in [-0.2, 0) is 0 Å². The Balaban J connectivity index is 2.81. The van der Waals surface area contributed by atoms with Crippen molar-refractivity contribution in [2.45, 2.75) is 33.6 Å². The van der Waals surface area contributed by atoms with Gasteiger partial charge in [0.05, 0.1) is 0 Å². The Morgan fingerprint density at radius 2 is 1.86 bits per heavy atom. The molecule has 2 aromatic rings. The molecule has 0 N–H and O–H groups in total. The maximum Gasteiger partial charge on any atom is 0.137 e. The summed E-state index contributed by atoms with van der Waals surface area (Å²) in [5.41, 5.74) is 3.65. The van der Waals surface area contributed by atoms with Gasteiger partial charge in [-0.1, -0.05) is 26.0 Å². The Kier molecular flexibility index (Phi) is 2.10. The summed E-state index contributed by atoms with van der Waals surface area (Å²) in [6.45, 7) is 8.53. The molecular formula is C13H16O. The summed E-state index contributed by atoms with van der Waals surface area (Å²) in [5, 5.41) is 1.28. The number of benzene rings is 1. The molecule has 0 amide bonds. The summed E-state index contributed by atoms with van der Waals surface area (Å²) in [6, 6.07) is 6.48. The van der Waals surface area contributed by atoms with Gasteiger partial charge < -0.3 is 4.42 Å². The van der Waals surface area contributed by atoms with Gasteiger partial charge in [0, 0.05) is 5.39 Å². The first-order chi connectivity index (χ1) is 6.59. The van der Waals surface area contributed by atoms with Crippen LogP contribution in [0, 0.1) is 13.8 Å². The van der Waals surface area contributed by atoms with Gasteiger partial charge in [-0.25, -0.2) is 0 Å². The zero-order chi connectivity index (χ0) is 10.3. The van der Waals surface area contributed by atoms with Gasteiger partial charge in [-0.15, -0.1) is 0 Å². The minimum atomic E-state index is 0.551. The van der Waals surface area contributed by atoms with Crippen LogP contribution in [0.2, 0.25) is 0 Å². The molecule has 74 valence electrons. The average molecular weight is 188 g/mol. The topological polar surface area (TPSA) is 13.1 Å². The molecule has 0 saturated carbocycles. The molecule has 1 nitrogen and oxygen atoms in total. The van der Waals surface area contributed by atoms with Gasteiger partial charge in [-0.05, 0) is 37.0 Å². The van der Waals surface area contributed by atoms with E-state index in [-0.39, 0.29) is 0 Å². The minimum absolute atomic E-state index is 0.551. The van der Waals surface area contributed by atoms with Crippen LogP contribution in [0.25, 0.3) is 11.0 Å². The van der Waals surface area contributed by atoms with Gasteiger partial charge in [0.2, 0.25) is 0 Å².